The molecule has 1 saturated heterocycles. The average Bonchev–Trinajstić information content (AvgIpc) is 2.45. The van der Waals surface area contributed by atoms with Crippen molar-refractivity contribution in [1.29, 1.82) is 0 Å². The third kappa shape index (κ3) is 3.75. The third-order valence-corrected chi connectivity index (χ3v) is 3.16. The van der Waals surface area contributed by atoms with Crippen LogP contribution in [0, 0.1) is 5.82 Å². The summed E-state index contributed by atoms with van der Waals surface area (Å²) in [6, 6.07) is 6.32. The van der Waals surface area contributed by atoms with E-state index in [4.69, 9.17) is 9.47 Å². The summed E-state index contributed by atoms with van der Waals surface area (Å²) in [5.41, 5.74) is 0.768. The number of rotatable bonds is 4. The standard InChI is InChI=1S/C14H18FNO3/c1-18-7-5-14(17)16-6-8-19-13(10-16)11-3-2-4-12(15)9-11/h2-4,9,13H,5-8,10H2,1H3. The number of halogens is 1. The minimum atomic E-state index is -0.288. The van der Waals surface area contributed by atoms with Crippen molar-refractivity contribution in [3.63, 3.8) is 0 Å². The molecule has 0 aromatic heterocycles. The number of ether oxygens (including phenoxy) is 2. The SMILES string of the molecule is COCCC(=O)N1CCOC(c2cccc(F)c2)C1. The molecule has 2 rings (SSSR count). The third-order valence-electron chi connectivity index (χ3n) is 3.16. The van der Waals surface area contributed by atoms with Crippen molar-refractivity contribution in [2.75, 3.05) is 33.4 Å². The molecule has 0 radical (unpaired) electrons. The van der Waals surface area contributed by atoms with E-state index in [2.05, 4.69) is 0 Å². The Kier molecular flexibility index (Phi) is 4.87. The Morgan fingerprint density at radius 1 is 1.58 bits per heavy atom. The molecule has 5 heteroatoms. The molecule has 1 aromatic carbocycles. The summed E-state index contributed by atoms with van der Waals surface area (Å²) in [6.45, 7) is 1.93. The zero-order valence-corrected chi connectivity index (χ0v) is 11.0. The molecule has 1 fully saturated rings. The quantitative estimate of drug-likeness (QED) is 0.834. The van der Waals surface area contributed by atoms with Gasteiger partial charge in [-0.25, -0.2) is 4.39 Å². The fourth-order valence-electron chi connectivity index (χ4n) is 2.13. The molecule has 1 aromatic rings. The highest BCUT2D eigenvalue weighted by Gasteiger charge is 2.25. The van der Waals surface area contributed by atoms with E-state index in [-0.39, 0.29) is 17.8 Å². The van der Waals surface area contributed by atoms with E-state index < -0.39 is 0 Å². The second-order valence-corrected chi connectivity index (χ2v) is 4.50. The summed E-state index contributed by atoms with van der Waals surface area (Å²) in [6.07, 6.45) is 0.114. The van der Waals surface area contributed by atoms with Crippen LogP contribution in [0.15, 0.2) is 24.3 Å². The zero-order valence-electron chi connectivity index (χ0n) is 11.0. The van der Waals surface area contributed by atoms with Crippen LogP contribution in [0.4, 0.5) is 4.39 Å². The summed E-state index contributed by atoms with van der Waals surface area (Å²) in [5, 5.41) is 0. The van der Waals surface area contributed by atoms with E-state index >= 15 is 0 Å². The molecule has 0 N–H and O–H groups in total. The Labute approximate surface area is 112 Å². The second-order valence-electron chi connectivity index (χ2n) is 4.50. The molecule has 1 atom stereocenters. The first-order valence-electron chi connectivity index (χ1n) is 6.34. The number of carbonyl (C=O) groups is 1. The minimum Gasteiger partial charge on any atom is -0.384 e. The van der Waals surface area contributed by atoms with Gasteiger partial charge in [0.25, 0.3) is 0 Å². The van der Waals surface area contributed by atoms with Gasteiger partial charge in [0, 0.05) is 13.7 Å². The maximum atomic E-state index is 13.2. The number of hydrogen-bond donors (Lipinski definition) is 0. The fraction of sp³-hybridized carbons (Fsp3) is 0.500. The molecule has 1 amide bonds. The van der Waals surface area contributed by atoms with Crippen molar-refractivity contribution in [2.24, 2.45) is 0 Å². The fourth-order valence-corrected chi connectivity index (χ4v) is 2.13. The highest BCUT2D eigenvalue weighted by molar-refractivity contribution is 5.76. The first-order chi connectivity index (χ1) is 9.20. The van der Waals surface area contributed by atoms with Crippen LogP contribution in [0.1, 0.15) is 18.1 Å². The Morgan fingerprint density at radius 3 is 3.16 bits per heavy atom. The van der Waals surface area contributed by atoms with Crippen molar-refractivity contribution in [2.45, 2.75) is 12.5 Å². The summed E-state index contributed by atoms with van der Waals surface area (Å²) in [5.74, 6) is -0.240. The van der Waals surface area contributed by atoms with E-state index in [0.29, 0.717) is 32.7 Å². The normalized spacial score (nSPS) is 19.5. The molecule has 1 unspecified atom stereocenters. The monoisotopic (exact) mass is 267 g/mol. The van der Waals surface area contributed by atoms with Gasteiger partial charge in [-0.15, -0.1) is 0 Å². The number of benzene rings is 1. The Balaban J connectivity index is 1.99. The maximum absolute atomic E-state index is 13.2. The molecule has 1 aliphatic rings. The largest absolute Gasteiger partial charge is 0.384 e. The minimum absolute atomic E-state index is 0.0477. The summed E-state index contributed by atoms with van der Waals surface area (Å²) in [7, 11) is 1.57. The van der Waals surface area contributed by atoms with Gasteiger partial charge in [-0.3, -0.25) is 4.79 Å². The highest BCUT2D eigenvalue weighted by Crippen LogP contribution is 2.23. The van der Waals surface area contributed by atoms with E-state index in [1.54, 1.807) is 18.1 Å². The predicted octanol–water partition coefficient (Wildman–Crippen LogP) is 1.76. The number of nitrogens with zero attached hydrogens (tertiary/aromatic N) is 1. The van der Waals surface area contributed by atoms with E-state index in [1.807, 2.05) is 6.07 Å². The number of amides is 1. The van der Waals surface area contributed by atoms with Crippen molar-refractivity contribution >= 4 is 5.91 Å². The molecule has 0 bridgehead atoms. The summed E-state index contributed by atoms with van der Waals surface area (Å²) >= 11 is 0. The Morgan fingerprint density at radius 2 is 2.42 bits per heavy atom. The summed E-state index contributed by atoms with van der Waals surface area (Å²) < 4.78 is 23.7. The molecule has 0 saturated carbocycles. The molecule has 0 aliphatic carbocycles. The van der Waals surface area contributed by atoms with Crippen LogP contribution in [0.3, 0.4) is 0 Å². The molecule has 19 heavy (non-hydrogen) atoms. The van der Waals surface area contributed by atoms with Crippen LogP contribution in [0.25, 0.3) is 0 Å². The van der Waals surface area contributed by atoms with Gasteiger partial charge in [0.2, 0.25) is 5.91 Å². The molecule has 1 aliphatic heterocycles. The molecular formula is C14H18FNO3. The van der Waals surface area contributed by atoms with Crippen molar-refractivity contribution in [3.05, 3.63) is 35.6 Å². The van der Waals surface area contributed by atoms with Crippen LogP contribution in [0.2, 0.25) is 0 Å². The molecule has 0 spiro atoms. The number of morpholine rings is 1. The maximum Gasteiger partial charge on any atom is 0.225 e. The van der Waals surface area contributed by atoms with E-state index in [0.717, 1.165) is 5.56 Å². The zero-order chi connectivity index (χ0) is 13.7. The topological polar surface area (TPSA) is 38.8 Å². The molecule has 4 nitrogen and oxygen atoms in total. The lowest BCUT2D eigenvalue weighted by Crippen LogP contribution is -2.42. The summed E-state index contributed by atoms with van der Waals surface area (Å²) in [4.78, 5) is 13.7. The lowest BCUT2D eigenvalue weighted by atomic mass is 10.1. The van der Waals surface area contributed by atoms with Crippen molar-refractivity contribution in [1.82, 2.24) is 4.90 Å². The van der Waals surface area contributed by atoms with Gasteiger partial charge in [0.05, 0.1) is 26.2 Å². The van der Waals surface area contributed by atoms with Crippen molar-refractivity contribution < 1.29 is 18.7 Å². The second kappa shape index (κ2) is 6.63. The lowest BCUT2D eigenvalue weighted by molar-refractivity contribution is -0.139. The van der Waals surface area contributed by atoms with Gasteiger partial charge >= 0.3 is 0 Å². The first-order valence-corrected chi connectivity index (χ1v) is 6.34. The Bertz CT molecular complexity index is 438. The van der Waals surface area contributed by atoms with Crippen LogP contribution in [-0.4, -0.2) is 44.2 Å². The molecular weight excluding hydrogens is 249 g/mol. The van der Waals surface area contributed by atoms with Crippen LogP contribution >= 0.6 is 0 Å². The lowest BCUT2D eigenvalue weighted by Gasteiger charge is -2.33. The van der Waals surface area contributed by atoms with Crippen LogP contribution in [0.5, 0.6) is 0 Å². The first kappa shape index (κ1) is 14.0. The van der Waals surface area contributed by atoms with E-state index in [1.165, 1.54) is 12.1 Å². The number of carbonyl (C=O) groups excluding carboxylic acids is 1. The van der Waals surface area contributed by atoms with Gasteiger partial charge in [-0.2, -0.15) is 0 Å². The number of methoxy groups -OCH3 is 1. The highest BCUT2D eigenvalue weighted by atomic mass is 19.1. The molecule has 1 heterocycles. The van der Waals surface area contributed by atoms with Gasteiger partial charge in [0.1, 0.15) is 11.9 Å². The van der Waals surface area contributed by atoms with Crippen LogP contribution < -0.4 is 0 Å². The number of hydrogen-bond acceptors (Lipinski definition) is 3. The molecule has 104 valence electrons. The van der Waals surface area contributed by atoms with Gasteiger partial charge in [-0.1, -0.05) is 12.1 Å². The van der Waals surface area contributed by atoms with Crippen LogP contribution in [-0.2, 0) is 14.3 Å². The smallest absolute Gasteiger partial charge is 0.225 e. The van der Waals surface area contributed by atoms with Gasteiger partial charge in [0.15, 0.2) is 0 Å². The Hall–Kier alpha value is -1.46. The van der Waals surface area contributed by atoms with Gasteiger partial charge < -0.3 is 14.4 Å². The van der Waals surface area contributed by atoms with Gasteiger partial charge in [-0.05, 0) is 17.7 Å². The predicted molar refractivity (Wildman–Crippen MR) is 68.2 cm³/mol. The average molecular weight is 267 g/mol. The van der Waals surface area contributed by atoms with Crippen molar-refractivity contribution in [3.8, 4) is 0 Å². The van der Waals surface area contributed by atoms with E-state index in [9.17, 15) is 9.18 Å².